The second kappa shape index (κ2) is 7.56. The van der Waals surface area contributed by atoms with Crippen LogP contribution in [0.4, 0.5) is 10.1 Å². The first-order chi connectivity index (χ1) is 10.5. The lowest BCUT2D eigenvalue weighted by atomic mass is 10.3. The van der Waals surface area contributed by atoms with Gasteiger partial charge >= 0.3 is 0 Å². The summed E-state index contributed by atoms with van der Waals surface area (Å²) in [7, 11) is 0. The van der Waals surface area contributed by atoms with Crippen molar-refractivity contribution in [1.29, 1.82) is 0 Å². The Morgan fingerprint density at radius 2 is 2.14 bits per heavy atom. The van der Waals surface area contributed by atoms with Crippen LogP contribution in [0.3, 0.4) is 0 Å². The predicted molar refractivity (Wildman–Crippen MR) is 92.0 cm³/mol. The summed E-state index contributed by atoms with van der Waals surface area (Å²) in [5.41, 5.74) is 2.83. The van der Waals surface area contributed by atoms with E-state index in [1.165, 1.54) is 12.1 Å². The second-order valence-electron chi connectivity index (χ2n) is 5.01. The van der Waals surface area contributed by atoms with E-state index in [9.17, 15) is 4.39 Å². The van der Waals surface area contributed by atoms with Crippen molar-refractivity contribution in [3.63, 3.8) is 0 Å². The minimum atomic E-state index is -0.448. The lowest BCUT2D eigenvalue weighted by Gasteiger charge is -2.11. The van der Waals surface area contributed by atoms with Gasteiger partial charge in [-0.25, -0.2) is 4.39 Å². The Bertz CT molecular complexity index is 672. The zero-order valence-corrected chi connectivity index (χ0v) is 14.1. The molecule has 2 aromatic rings. The number of halogens is 2. The highest BCUT2D eigenvalue weighted by atomic mass is 35.5. The smallest absolute Gasteiger partial charge is 0.170 e. The van der Waals surface area contributed by atoms with Crippen molar-refractivity contribution < 1.29 is 4.39 Å². The first-order valence-corrected chi connectivity index (χ1v) is 7.75. The van der Waals surface area contributed by atoms with E-state index in [-0.39, 0.29) is 5.02 Å². The van der Waals surface area contributed by atoms with Gasteiger partial charge in [-0.05, 0) is 56.8 Å². The van der Waals surface area contributed by atoms with Crippen molar-refractivity contribution in [2.24, 2.45) is 0 Å². The van der Waals surface area contributed by atoms with Crippen molar-refractivity contribution in [3.8, 4) is 0 Å². The van der Waals surface area contributed by atoms with Gasteiger partial charge in [0.1, 0.15) is 5.82 Å². The minimum Gasteiger partial charge on any atom is -0.362 e. The van der Waals surface area contributed by atoms with E-state index in [1.807, 2.05) is 18.5 Å². The average Bonchev–Trinajstić information content (AvgIpc) is 2.77. The Hall–Kier alpha value is -1.66. The summed E-state index contributed by atoms with van der Waals surface area (Å²) in [6, 6.07) is 6.44. The van der Waals surface area contributed by atoms with Gasteiger partial charge in [0.2, 0.25) is 0 Å². The molecule has 22 heavy (non-hydrogen) atoms. The van der Waals surface area contributed by atoms with Crippen molar-refractivity contribution in [3.05, 3.63) is 46.5 Å². The van der Waals surface area contributed by atoms with Crippen LogP contribution in [0.25, 0.3) is 0 Å². The monoisotopic (exact) mass is 340 g/mol. The molecule has 0 saturated heterocycles. The molecule has 1 aromatic carbocycles. The van der Waals surface area contributed by atoms with Crippen LogP contribution in [0.1, 0.15) is 17.8 Å². The van der Waals surface area contributed by atoms with E-state index in [0.29, 0.717) is 10.8 Å². The molecule has 0 saturated carbocycles. The molecule has 0 amide bonds. The van der Waals surface area contributed by atoms with Crippen molar-refractivity contribution in [1.82, 2.24) is 15.1 Å². The molecule has 118 valence electrons. The fraction of sp³-hybridized carbons (Fsp3) is 0.333. The van der Waals surface area contributed by atoms with E-state index in [4.69, 9.17) is 23.8 Å². The molecular formula is C15H18ClFN4S. The summed E-state index contributed by atoms with van der Waals surface area (Å²) in [4.78, 5) is 0. The first kappa shape index (κ1) is 16.7. The van der Waals surface area contributed by atoms with Crippen molar-refractivity contribution in [2.45, 2.75) is 26.8 Å². The van der Waals surface area contributed by atoms with Crippen LogP contribution >= 0.6 is 23.8 Å². The Labute approximate surface area is 139 Å². The molecule has 1 heterocycles. The standard InChI is InChI=1S/C15H18ClFN4S/c1-10-8-11(2)21(20-10)7-3-6-18-15(22)19-12-4-5-14(17)13(16)9-12/h4-5,8-9H,3,6-7H2,1-2H3,(H2,18,19,22). The third kappa shape index (κ3) is 4.68. The quantitative estimate of drug-likeness (QED) is 0.643. The van der Waals surface area contributed by atoms with E-state index < -0.39 is 5.82 Å². The topological polar surface area (TPSA) is 41.9 Å². The third-order valence-corrected chi connectivity index (χ3v) is 3.65. The van der Waals surface area contributed by atoms with Gasteiger partial charge in [0.15, 0.2) is 5.11 Å². The summed E-state index contributed by atoms with van der Waals surface area (Å²) < 4.78 is 15.0. The van der Waals surface area contributed by atoms with Crippen molar-refractivity contribution in [2.75, 3.05) is 11.9 Å². The largest absolute Gasteiger partial charge is 0.362 e. The van der Waals surface area contributed by atoms with Gasteiger partial charge in [0, 0.05) is 24.5 Å². The molecule has 2 rings (SSSR count). The molecular weight excluding hydrogens is 323 g/mol. The van der Waals surface area contributed by atoms with E-state index in [2.05, 4.69) is 21.8 Å². The van der Waals surface area contributed by atoms with Crippen LogP contribution in [-0.4, -0.2) is 21.4 Å². The van der Waals surface area contributed by atoms with Gasteiger partial charge < -0.3 is 10.6 Å². The highest BCUT2D eigenvalue weighted by Crippen LogP contribution is 2.19. The van der Waals surface area contributed by atoms with Gasteiger partial charge in [0.25, 0.3) is 0 Å². The molecule has 0 bridgehead atoms. The Balaban J connectivity index is 1.73. The second-order valence-corrected chi connectivity index (χ2v) is 5.83. The maximum atomic E-state index is 13.1. The first-order valence-electron chi connectivity index (χ1n) is 6.96. The average molecular weight is 341 g/mol. The van der Waals surface area contributed by atoms with Gasteiger partial charge in [-0.1, -0.05) is 11.6 Å². The summed E-state index contributed by atoms with van der Waals surface area (Å²) in [6.45, 7) is 5.57. The summed E-state index contributed by atoms with van der Waals surface area (Å²) in [5.74, 6) is -0.448. The lowest BCUT2D eigenvalue weighted by Crippen LogP contribution is -2.29. The number of nitrogens with zero attached hydrogens (tertiary/aromatic N) is 2. The van der Waals surface area contributed by atoms with Crippen LogP contribution in [0.2, 0.25) is 5.02 Å². The molecule has 0 atom stereocenters. The molecule has 0 unspecified atom stereocenters. The molecule has 0 aliphatic heterocycles. The van der Waals surface area contributed by atoms with Gasteiger partial charge in [-0.3, -0.25) is 4.68 Å². The van der Waals surface area contributed by atoms with Crippen LogP contribution < -0.4 is 10.6 Å². The van der Waals surface area contributed by atoms with Crippen LogP contribution in [-0.2, 0) is 6.54 Å². The zero-order valence-electron chi connectivity index (χ0n) is 12.5. The number of nitrogens with one attached hydrogen (secondary N) is 2. The molecule has 7 heteroatoms. The number of thiocarbonyl (C=S) groups is 1. The highest BCUT2D eigenvalue weighted by molar-refractivity contribution is 7.80. The van der Waals surface area contributed by atoms with Crippen LogP contribution in [0, 0.1) is 19.7 Å². The number of hydrogen-bond donors (Lipinski definition) is 2. The van der Waals surface area contributed by atoms with Crippen LogP contribution in [0.5, 0.6) is 0 Å². The molecule has 0 aliphatic rings. The van der Waals surface area contributed by atoms with Gasteiger partial charge in [0.05, 0.1) is 10.7 Å². The molecule has 0 fully saturated rings. The molecule has 2 N–H and O–H groups in total. The van der Waals surface area contributed by atoms with Crippen molar-refractivity contribution >= 4 is 34.6 Å². The van der Waals surface area contributed by atoms with Gasteiger partial charge in [-0.2, -0.15) is 5.10 Å². The predicted octanol–water partition coefficient (Wildman–Crippen LogP) is 3.67. The molecule has 0 radical (unpaired) electrons. The SMILES string of the molecule is Cc1cc(C)n(CCCNC(=S)Nc2ccc(F)c(Cl)c2)n1. The Morgan fingerprint density at radius 1 is 1.36 bits per heavy atom. The number of aryl methyl sites for hydroxylation is 3. The van der Waals surface area contributed by atoms with E-state index in [0.717, 1.165) is 30.9 Å². The lowest BCUT2D eigenvalue weighted by molar-refractivity contribution is 0.558. The van der Waals surface area contributed by atoms with E-state index >= 15 is 0 Å². The number of anilines is 1. The summed E-state index contributed by atoms with van der Waals surface area (Å²) in [6.07, 6.45) is 0.897. The highest BCUT2D eigenvalue weighted by Gasteiger charge is 2.03. The minimum absolute atomic E-state index is 0.0670. The van der Waals surface area contributed by atoms with Crippen LogP contribution in [0.15, 0.2) is 24.3 Å². The fourth-order valence-corrected chi connectivity index (χ4v) is 2.48. The Kier molecular flexibility index (Phi) is 5.74. The van der Waals surface area contributed by atoms with E-state index in [1.54, 1.807) is 6.07 Å². The Morgan fingerprint density at radius 3 is 2.77 bits per heavy atom. The van der Waals surface area contributed by atoms with Gasteiger partial charge in [-0.15, -0.1) is 0 Å². The molecule has 4 nitrogen and oxygen atoms in total. The molecule has 0 spiro atoms. The fourth-order valence-electron chi connectivity index (χ4n) is 2.08. The summed E-state index contributed by atoms with van der Waals surface area (Å²) >= 11 is 10.9. The zero-order chi connectivity index (χ0) is 16.1. The third-order valence-electron chi connectivity index (χ3n) is 3.11. The number of rotatable bonds is 5. The molecule has 1 aromatic heterocycles. The number of benzene rings is 1. The summed E-state index contributed by atoms with van der Waals surface area (Å²) in [5, 5.41) is 11.0. The number of aromatic nitrogens is 2. The maximum Gasteiger partial charge on any atom is 0.170 e. The number of hydrogen-bond acceptors (Lipinski definition) is 2. The maximum absolute atomic E-state index is 13.1. The normalized spacial score (nSPS) is 10.5. The molecule has 0 aliphatic carbocycles.